The second-order valence-electron chi connectivity index (χ2n) is 3.18. The van der Waals surface area contributed by atoms with Crippen molar-refractivity contribution in [3.63, 3.8) is 0 Å². The van der Waals surface area contributed by atoms with Crippen LogP contribution in [-0.2, 0) is 0 Å². The summed E-state index contributed by atoms with van der Waals surface area (Å²) in [6.07, 6.45) is 3.91. The van der Waals surface area contributed by atoms with Gasteiger partial charge in [-0.3, -0.25) is 0 Å². The molecule has 78 valence electrons. The van der Waals surface area contributed by atoms with E-state index in [4.69, 9.17) is 0 Å². The smallest absolute Gasteiger partial charge is 0.117 e. The number of thiazole rings is 1. The van der Waals surface area contributed by atoms with Crippen LogP contribution in [0.1, 0.15) is 10.7 Å². The molecular formula is C11H7N3S2. The highest BCUT2D eigenvalue weighted by atomic mass is 32.1. The Hall–Kier alpha value is -1.59. The van der Waals surface area contributed by atoms with Gasteiger partial charge in [-0.25, -0.2) is 4.98 Å². The van der Waals surface area contributed by atoms with Crippen LogP contribution in [0.3, 0.4) is 0 Å². The molecule has 3 aromatic rings. The first-order chi connectivity index (χ1) is 7.92. The zero-order valence-corrected chi connectivity index (χ0v) is 9.83. The molecule has 0 N–H and O–H groups in total. The van der Waals surface area contributed by atoms with Crippen molar-refractivity contribution in [2.24, 2.45) is 0 Å². The first-order valence-electron chi connectivity index (χ1n) is 4.72. The Balaban J connectivity index is 1.95. The largest absolute Gasteiger partial charge is 0.237 e. The van der Waals surface area contributed by atoms with Crippen LogP contribution >= 0.6 is 22.9 Å². The van der Waals surface area contributed by atoms with E-state index in [1.54, 1.807) is 11.3 Å². The van der Waals surface area contributed by atoms with E-state index in [9.17, 15) is 0 Å². The zero-order chi connectivity index (χ0) is 10.8. The van der Waals surface area contributed by atoms with Gasteiger partial charge in [-0.2, -0.15) is 0 Å². The molecule has 0 saturated carbocycles. The summed E-state index contributed by atoms with van der Waals surface area (Å²) in [6, 6.07) is 8.13. The molecule has 1 aromatic carbocycles. The van der Waals surface area contributed by atoms with E-state index < -0.39 is 0 Å². The van der Waals surface area contributed by atoms with Crippen LogP contribution < -0.4 is 0 Å². The first kappa shape index (κ1) is 9.62. The molecule has 16 heavy (non-hydrogen) atoms. The maximum atomic E-state index is 4.50. The van der Waals surface area contributed by atoms with Gasteiger partial charge in [-0.05, 0) is 35.8 Å². The highest BCUT2D eigenvalue weighted by Gasteiger charge is 1.99. The van der Waals surface area contributed by atoms with Crippen LogP contribution in [0.25, 0.3) is 22.4 Å². The molecule has 0 spiro atoms. The fourth-order valence-corrected chi connectivity index (χ4v) is 2.65. The van der Waals surface area contributed by atoms with Gasteiger partial charge in [0.05, 0.1) is 15.9 Å². The lowest BCUT2D eigenvalue weighted by atomic mass is 10.3. The lowest BCUT2D eigenvalue weighted by Gasteiger charge is -1.80. The monoisotopic (exact) mass is 245 g/mol. The molecule has 3 rings (SSSR count). The number of rotatable bonds is 2. The molecule has 0 unspecified atom stereocenters. The fraction of sp³-hybridized carbons (Fsp3) is 0. The second-order valence-corrected chi connectivity index (χ2v) is 4.85. The molecule has 5 heteroatoms. The molecule has 2 aromatic heterocycles. The van der Waals surface area contributed by atoms with Crippen molar-refractivity contribution < 1.29 is 0 Å². The van der Waals surface area contributed by atoms with Crippen molar-refractivity contribution in [2.45, 2.75) is 0 Å². The predicted octanol–water partition coefficient (Wildman–Crippen LogP) is 3.32. The molecule has 0 bridgehead atoms. The van der Waals surface area contributed by atoms with Crippen molar-refractivity contribution in [1.29, 1.82) is 0 Å². The van der Waals surface area contributed by atoms with Gasteiger partial charge in [0.2, 0.25) is 0 Å². The van der Waals surface area contributed by atoms with E-state index >= 15 is 0 Å². The Labute approximate surface area is 100 Å². The van der Waals surface area contributed by atoms with E-state index in [2.05, 4.69) is 20.6 Å². The number of fused-ring (bicyclic) bond motifs is 1. The van der Waals surface area contributed by atoms with Crippen molar-refractivity contribution >= 4 is 45.2 Å². The van der Waals surface area contributed by atoms with Crippen LogP contribution in [-0.4, -0.2) is 14.6 Å². The normalized spacial score (nSPS) is 11.5. The molecule has 2 heterocycles. The van der Waals surface area contributed by atoms with Gasteiger partial charge in [0.25, 0.3) is 0 Å². The average Bonchev–Trinajstić information content (AvgIpc) is 2.95. The SMILES string of the molecule is C(=C/c1nc2ccccc2s1)/c1csnn1. The van der Waals surface area contributed by atoms with Crippen LogP contribution in [0.5, 0.6) is 0 Å². The number of para-hydroxylation sites is 1. The molecule has 0 saturated heterocycles. The molecule has 0 fully saturated rings. The first-order valence-corrected chi connectivity index (χ1v) is 6.38. The minimum absolute atomic E-state index is 0.879. The summed E-state index contributed by atoms with van der Waals surface area (Å²) in [5, 5.41) is 6.84. The number of nitrogens with zero attached hydrogens (tertiary/aromatic N) is 3. The highest BCUT2D eigenvalue weighted by Crippen LogP contribution is 2.22. The van der Waals surface area contributed by atoms with Gasteiger partial charge in [0.15, 0.2) is 0 Å². The van der Waals surface area contributed by atoms with E-state index in [1.165, 1.54) is 16.2 Å². The molecule has 0 aliphatic rings. The highest BCUT2D eigenvalue weighted by molar-refractivity contribution is 7.19. The maximum absolute atomic E-state index is 4.50. The number of benzene rings is 1. The molecule has 0 atom stereocenters. The van der Waals surface area contributed by atoms with Crippen LogP contribution in [0, 0.1) is 0 Å². The summed E-state index contributed by atoms with van der Waals surface area (Å²) in [7, 11) is 0. The van der Waals surface area contributed by atoms with Gasteiger partial charge in [0.1, 0.15) is 5.01 Å². The Morgan fingerprint density at radius 3 is 2.88 bits per heavy atom. The predicted molar refractivity (Wildman–Crippen MR) is 68.5 cm³/mol. The van der Waals surface area contributed by atoms with Gasteiger partial charge < -0.3 is 0 Å². The Bertz CT molecular complexity index is 593. The standard InChI is InChI=1S/C11H7N3S2/c1-2-4-10-9(3-1)12-11(16-10)6-5-8-7-15-14-13-8/h1-7H/b6-5-. The fourth-order valence-electron chi connectivity index (χ4n) is 1.36. The summed E-state index contributed by atoms with van der Waals surface area (Å²) >= 11 is 3.03. The van der Waals surface area contributed by atoms with Crippen molar-refractivity contribution in [1.82, 2.24) is 14.6 Å². The zero-order valence-electron chi connectivity index (χ0n) is 8.20. The maximum Gasteiger partial charge on any atom is 0.117 e. The van der Waals surface area contributed by atoms with Gasteiger partial charge in [-0.1, -0.05) is 16.6 Å². The van der Waals surface area contributed by atoms with Gasteiger partial charge in [-0.15, -0.1) is 16.4 Å². The molecule has 0 radical (unpaired) electrons. The lowest BCUT2D eigenvalue weighted by Crippen LogP contribution is -1.71. The van der Waals surface area contributed by atoms with E-state index in [0.717, 1.165) is 16.2 Å². The second kappa shape index (κ2) is 4.11. The van der Waals surface area contributed by atoms with E-state index in [1.807, 2.05) is 35.7 Å². The van der Waals surface area contributed by atoms with E-state index in [0.29, 0.717) is 0 Å². The topological polar surface area (TPSA) is 38.7 Å². The van der Waals surface area contributed by atoms with Crippen molar-refractivity contribution in [3.8, 4) is 0 Å². The minimum atomic E-state index is 0.879. The summed E-state index contributed by atoms with van der Waals surface area (Å²) < 4.78 is 5.01. The third-order valence-electron chi connectivity index (χ3n) is 2.08. The molecule has 0 aliphatic heterocycles. The van der Waals surface area contributed by atoms with Crippen molar-refractivity contribution in [2.75, 3.05) is 0 Å². The van der Waals surface area contributed by atoms with Crippen LogP contribution in [0.2, 0.25) is 0 Å². The Kier molecular flexibility index (Phi) is 2.47. The summed E-state index contributed by atoms with van der Waals surface area (Å²) in [4.78, 5) is 4.50. The third kappa shape index (κ3) is 1.87. The molecule has 0 aliphatic carbocycles. The lowest BCUT2D eigenvalue weighted by molar-refractivity contribution is 1.14. The van der Waals surface area contributed by atoms with Crippen LogP contribution in [0.15, 0.2) is 29.6 Å². The van der Waals surface area contributed by atoms with Crippen LogP contribution in [0.4, 0.5) is 0 Å². The third-order valence-corrected chi connectivity index (χ3v) is 3.61. The average molecular weight is 245 g/mol. The Morgan fingerprint density at radius 2 is 2.06 bits per heavy atom. The molecule has 0 amide bonds. The molecule has 3 nitrogen and oxygen atoms in total. The molecular weight excluding hydrogens is 238 g/mol. The number of hydrogen-bond acceptors (Lipinski definition) is 5. The van der Waals surface area contributed by atoms with Gasteiger partial charge >= 0.3 is 0 Å². The van der Waals surface area contributed by atoms with Crippen molar-refractivity contribution in [3.05, 3.63) is 40.3 Å². The minimum Gasteiger partial charge on any atom is -0.237 e. The Morgan fingerprint density at radius 1 is 1.12 bits per heavy atom. The van der Waals surface area contributed by atoms with Gasteiger partial charge in [0, 0.05) is 5.38 Å². The quantitative estimate of drug-likeness (QED) is 0.695. The summed E-state index contributed by atoms with van der Waals surface area (Å²) in [5.74, 6) is 0. The number of hydrogen-bond donors (Lipinski definition) is 0. The summed E-state index contributed by atoms with van der Waals surface area (Å²) in [5.41, 5.74) is 1.92. The van der Waals surface area contributed by atoms with E-state index in [-0.39, 0.29) is 0 Å². The number of aromatic nitrogens is 3. The summed E-state index contributed by atoms with van der Waals surface area (Å²) in [6.45, 7) is 0.